The fraction of sp³-hybridized carbons (Fsp3) is 0.933. The molecule has 0 aromatic heterocycles. The van der Waals surface area contributed by atoms with Crippen LogP contribution in [0.2, 0.25) is 0 Å². The lowest BCUT2D eigenvalue weighted by Crippen LogP contribution is -2.60. The molecule has 0 aromatic carbocycles. The highest BCUT2D eigenvalue weighted by Crippen LogP contribution is 2.44. The predicted octanol–water partition coefficient (Wildman–Crippen LogP) is 3.58. The van der Waals surface area contributed by atoms with Gasteiger partial charge in [0.25, 0.3) is 0 Å². The Kier molecular flexibility index (Phi) is 4.09. The van der Waals surface area contributed by atoms with Crippen molar-refractivity contribution in [2.24, 2.45) is 11.3 Å². The van der Waals surface area contributed by atoms with Crippen LogP contribution in [0.3, 0.4) is 0 Å². The highest BCUT2D eigenvalue weighted by Gasteiger charge is 2.46. The van der Waals surface area contributed by atoms with E-state index in [9.17, 15) is 0 Å². The minimum atomic E-state index is 0.316. The van der Waals surface area contributed by atoms with E-state index in [1.165, 1.54) is 51.6 Å². The van der Waals surface area contributed by atoms with Crippen molar-refractivity contribution in [1.82, 2.24) is 4.90 Å². The van der Waals surface area contributed by atoms with Crippen LogP contribution >= 0.6 is 0 Å². The first-order chi connectivity index (χ1) is 8.24. The van der Waals surface area contributed by atoms with Crippen LogP contribution in [0.25, 0.3) is 0 Å². The summed E-state index contributed by atoms with van der Waals surface area (Å²) in [5, 5.41) is 9.17. The lowest BCUT2D eigenvalue weighted by atomic mass is 9.71. The van der Waals surface area contributed by atoms with Crippen LogP contribution in [0.4, 0.5) is 0 Å². The summed E-state index contributed by atoms with van der Waals surface area (Å²) in [4.78, 5) is 2.60. The number of nitriles is 1. The maximum absolute atomic E-state index is 9.17. The van der Waals surface area contributed by atoms with E-state index < -0.39 is 0 Å². The third kappa shape index (κ3) is 2.50. The number of hydrogen-bond acceptors (Lipinski definition) is 2. The third-order valence-electron chi connectivity index (χ3n) is 4.75. The van der Waals surface area contributed by atoms with Crippen LogP contribution in [0.5, 0.6) is 0 Å². The molecule has 96 valence electrons. The molecule has 0 aromatic rings. The number of nitrogens with zero attached hydrogens (tertiary/aromatic N) is 2. The predicted molar refractivity (Wildman–Crippen MR) is 70.6 cm³/mol. The monoisotopic (exact) mass is 234 g/mol. The van der Waals surface area contributed by atoms with Crippen LogP contribution in [-0.4, -0.2) is 24.0 Å². The van der Waals surface area contributed by atoms with Crippen molar-refractivity contribution in [1.29, 1.82) is 5.26 Å². The summed E-state index contributed by atoms with van der Waals surface area (Å²) in [7, 11) is 0. The van der Waals surface area contributed by atoms with Crippen LogP contribution < -0.4 is 0 Å². The van der Waals surface area contributed by atoms with E-state index in [-0.39, 0.29) is 0 Å². The van der Waals surface area contributed by atoms with Crippen LogP contribution in [0.1, 0.15) is 58.8 Å². The molecule has 0 spiro atoms. The summed E-state index contributed by atoms with van der Waals surface area (Å²) in [5.41, 5.74) is 0.603. The van der Waals surface area contributed by atoms with E-state index in [0.717, 1.165) is 6.42 Å². The minimum absolute atomic E-state index is 0.316. The lowest BCUT2D eigenvalue weighted by Gasteiger charge is -2.54. The van der Waals surface area contributed by atoms with Crippen LogP contribution in [-0.2, 0) is 0 Å². The summed E-state index contributed by atoms with van der Waals surface area (Å²) >= 11 is 0. The molecule has 0 radical (unpaired) electrons. The van der Waals surface area contributed by atoms with Gasteiger partial charge in [-0.1, -0.05) is 33.1 Å². The molecule has 2 aliphatic rings. The smallest absolute Gasteiger partial charge is 0.0672 e. The molecule has 2 heteroatoms. The fourth-order valence-electron chi connectivity index (χ4n) is 4.08. The van der Waals surface area contributed by atoms with Crippen molar-refractivity contribution >= 4 is 0 Å². The zero-order valence-corrected chi connectivity index (χ0v) is 11.4. The highest BCUT2D eigenvalue weighted by atomic mass is 15.2. The van der Waals surface area contributed by atoms with Crippen LogP contribution in [0.15, 0.2) is 0 Å². The van der Waals surface area contributed by atoms with E-state index in [4.69, 9.17) is 5.26 Å². The molecule has 1 aliphatic carbocycles. The standard InChI is InChI=1S/C15H26N2/c1-3-8-15(9-4-2)11-17(12-15)14-7-5-6-13(14)10-16/h13-14H,3-9,11-12H2,1-2H3. The van der Waals surface area contributed by atoms with Crippen molar-refractivity contribution < 1.29 is 0 Å². The van der Waals surface area contributed by atoms with Gasteiger partial charge in [0, 0.05) is 19.1 Å². The molecule has 2 atom stereocenters. The van der Waals surface area contributed by atoms with Gasteiger partial charge in [-0.25, -0.2) is 0 Å². The minimum Gasteiger partial charge on any atom is -0.298 e. The molecule has 2 fully saturated rings. The highest BCUT2D eigenvalue weighted by molar-refractivity contribution is 5.04. The molecule has 1 saturated heterocycles. The molecule has 0 N–H and O–H groups in total. The van der Waals surface area contributed by atoms with Crippen molar-refractivity contribution in [2.75, 3.05) is 13.1 Å². The molecule has 2 rings (SSSR count). The maximum atomic E-state index is 9.17. The summed E-state index contributed by atoms with van der Waals surface area (Å²) in [6.07, 6.45) is 9.01. The van der Waals surface area contributed by atoms with Gasteiger partial charge < -0.3 is 0 Å². The first-order valence-corrected chi connectivity index (χ1v) is 7.38. The Morgan fingerprint density at radius 1 is 1.18 bits per heavy atom. The second-order valence-electron chi connectivity index (χ2n) is 6.14. The summed E-state index contributed by atoms with van der Waals surface area (Å²) in [5.74, 6) is 0.316. The average molecular weight is 234 g/mol. The Morgan fingerprint density at radius 2 is 1.82 bits per heavy atom. The quantitative estimate of drug-likeness (QED) is 0.727. The Bertz CT molecular complexity index is 278. The van der Waals surface area contributed by atoms with E-state index in [0.29, 0.717) is 17.4 Å². The van der Waals surface area contributed by atoms with Gasteiger partial charge in [-0.05, 0) is 31.1 Å². The van der Waals surface area contributed by atoms with E-state index >= 15 is 0 Å². The van der Waals surface area contributed by atoms with Gasteiger partial charge in [0.15, 0.2) is 0 Å². The zero-order valence-electron chi connectivity index (χ0n) is 11.4. The van der Waals surface area contributed by atoms with Gasteiger partial charge in [0.1, 0.15) is 0 Å². The van der Waals surface area contributed by atoms with E-state index in [1.807, 2.05) is 0 Å². The molecule has 2 unspecified atom stereocenters. The van der Waals surface area contributed by atoms with Gasteiger partial charge in [0.2, 0.25) is 0 Å². The number of rotatable bonds is 5. The molecular weight excluding hydrogens is 208 g/mol. The molecule has 0 bridgehead atoms. The summed E-state index contributed by atoms with van der Waals surface area (Å²) in [6, 6.07) is 3.10. The molecule has 1 aliphatic heterocycles. The topological polar surface area (TPSA) is 27.0 Å². The number of likely N-dealkylation sites (tertiary alicyclic amines) is 1. The van der Waals surface area contributed by atoms with Crippen molar-refractivity contribution in [3.63, 3.8) is 0 Å². The second-order valence-corrected chi connectivity index (χ2v) is 6.14. The Hall–Kier alpha value is -0.550. The third-order valence-corrected chi connectivity index (χ3v) is 4.75. The molecule has 0 amide bonds. The van der Waals surface area contributed by atoms with E-state index in [1.54, 1.807) is 0 Å². The largest absolute Gasteiger partial charge is 0.298 e. The Balaban J connectivity index is 1.89. The lowest BCUT2D eigenvalue weighted by molar-refractivity contribution is -0.0484. The van der Waals surface area contributed by atoms with Crippen molar-refractivity contribution in [2.45, 2.75) is 64.8 Å². The fourth-order valence-corrected chi connectivity index (χ4v) is 4.08. The molecular formula is C15H26N2. The van der Waals surface area contributed by atoms with Crippen molar-refractivity contribution in [3.05, 3.63) is 0 Å². The second kappa shape index (κ2) is 5.40. The molecule has 2 nitrogen and oxygen atoms in total. The molecule has 17 heavy (non-hydrogen) atoms. The van der Waals surface area contributed by atoms with E-state index in [2.05, 4.69) is 24.8 Å². The van der Waals surface area contributed by atoms with Gasteiger partial charge in [-0.2, -0.15) is 5.26 Å². The summed E-state index contributed by atoms with van der Waals surface area (Å²) < 4.78 is 0. The molecule has 1 heterocycles. The maximum Gasteiger partial charge on any atom is 0.0672 e. The van der Waals surface area contributed by atoms with Gasteiger partial charge in [-0.3, -0.25) is 4.90 Å². The zero-order chi connectivity index (χ0) is 12.3. The van der Waals surface area contributed by atoms with Crippen LogP contribution in [0, 0.1) is 22.7 Å². The Morgan fingerprint density at radius 3 is 2.35 bits per heavy atom. The van der Waals surface area contributed by atoms with Gasteiger partial charge >= 0.3 is 0 Å². The number of hydrogen-bond donors (Lipinski definition) is 0. The van der Waals surface area contributed by atoms with Crippen molar-refractivity contribution in [3.8, 4) is 6.07 Å². The van der Waals surface area contributed by atoms with Gasteiger partial charge in [-0.15, -0.1) is 0 Å². The average Bonchev–Trinajstić information content (AvgIpc) is 2.73. The normalized spacial score (nSPS) is 32.1. The molecule has 1 saturated carbocycles. The summed E-state index contributed by atoms with van der Waals surface area (Å²) in [6.45, 7) is 7.12. The first-order valence-electron chi connectivity index (χ1n) is 7.38. The SMILES string of the molecule is CCCC1(CCC)CN(C2CCCC2C#N)C1. The van der Waals surface area contributed by atoms with Gasteiger partial charge in [0.05, 0.1) is 12.0 Å². The first kappa shape index (κ1) is 12.9. The Labute approximate surface area is 106 Å².